The molecule has 8 nitrogen and oxygen atoms in total. The Morgan fingerprint density at radius 1 is 1.07 bits per heavy atom. The van der Waals surface area contributed by atoms with Crippen LogP contribution in [-0.2, 0) is 11.3 Å². The molecule has 1 aliphatic heterocycles. The molecule has 0 saturated heterocycles. The molecule has 1 aliphatic rings. The van der Waals surface area contributed by atoms with Gasteiger partial charge in [0.2, 0.25) is 5.76 Å². The van der Waals surface area contributed by atoms with Crippen molar-refractivity contribution in [2.45, 2.75) is 19.6 Å². The molecule has 3 aromatic carbocycles. The van der Waals surface area contributed by atoms with Gasteiger partial charge in [-0.1, -0.05) is 53.8 Å². The van der Waals surface area contributed by atoms with Crippen LogP contribution < -0.4 is 15.1 Å². The van der Waals surface area contributed by atoms with E-state index in [1.807, 2.05) is 30.3 Å². The molecule has 0 aliphatic carbocycles. The summed E-state index contributed by atoms with van der Waals surface area (Å²) in [4.78, 5) is 45.8. The molecule has 3 heterocycles. The van der Waals surface area contributed by atoms with Gasteiger partial charge in [-0.2, -0.15) is 0 Å². The fraction of sp³-hybridized carbons (Fsp3) is 0.133. The smallest absolute Gasteiger partial charge is 0.350 e. The Morgan fingerprint density at radius 2 is 1.82 bits per heavy atom. The monoisotopic (exact) mass is 556 g/mol. The van der Waals surface area contributed by atoms with Crippen molar-refractivity contribution in [3.63, 3.8) is 0 Å². The van der Waals surface area contributed by atoms with Gasteiger partial charge in [0.15, 0.2) is 10.6 Å². The van der Waals surface area contributed by atoms with Crippen molar-refractivity contribution in [3.8, 4) is 5.75 Å². The number of carbonyl (C=O) groups excluding carboxylic acids is 2. The molecule has 6 rings (SSSR count). The number of aromatic nitrogens is 1. The summed E-state index contributed by atoms with van der Waals surface area (Å²) in [5, 5.41) is 0.213. The second-order valence-electron chi connectivity index (χ2n) is 9.14. The Morgan fingerprint density at radius 3 is 2.55 bits per heavy atom. The minimum absolute atomic E-state index is 0.0202. The predicted molar refractivity (Wildman–Crippen MR) is 147 cm³/mol. The lowest BCUT2D eigenvalue weighted by Gasteiger charge is -2.22. The number of rotatable bonds is 6. The van der Waals surface area contributed by atoms with E-state index in [0.29, 0.717) is 23.6 Å². The summed E-state index contributed by atoms with van der Waals surface area (Å²) in [7, 11) is 1.26. The minimum Gasteiger partial charge on any atom is -0.489 e. The van der Waals surface area contributed by atoms with Crippen LogP contribution >= 0.6 is 11.3 Å². The molecule has 1 unspecified atom stereocenters. The minimum atomic E-state index is -0.939. The third-order valence-electron chi connectivity index (χ3n) is 6.64. The third-order valence-corrected chi connectivity index (χ3v) is 7.78. The van der Waals surface area contributed by atoms with Crippen LogP contribution in [0.5, 0.6) is 5.75 Å². The second-order valence-corrected chi connectivity index (χ2v) is 10.1. The number of amides is 1. The molecule has 0 N–H and O–H groups in total. The molecule has 200 valence electrons. The maximum Gasteiger partial charge on any atom is 0.350 e. The molecule has 40 heavy (non-hydrogen) atoms. The normalized spacial score (nSPS) is 14.4. The summed E-state index contributed by atoms with van der Waals surface area (Å²) in [6.45, 7) is 2.00. The highest BCUT2D eigenvalue weighted by molar-refractivity contribution is 7.17. The number of nitrogens with zero attached hydrogens (tertiary/aromatic N) is 2. The predicted octanol–water partition coefficient (Wildman–Crippen LogP) is 5.81. The number of benzene rings is 3. The zero-order chi connectivity index (χ0) is 28.0. The van der Waals surface area contributed by atoms with E-state index in [2.05, 4.69) is 4.98 Å². The summed E-state index contributed by atoms with van der Waals surface area (Å²) in [6.07, 6.45) is 0. The summed E-state index contributed by atoms with van der Waals surface area (Å²) in [5.74, 6) is -1.36. The number of anilines is 1. The van der Waals surface area contributed by atoms with Crippen molar-refractivity contribution in [3.05, 3.63) is 122 Å². The molecular formula is C30H21FN2O6S. The average Bonchev–Trinajstić information content (AvgIpc) is 3.49. The Bertz CT molecular complexity index is 1830. The molecule has 0 fully saturated rings. The average molecular weight is 557 g/mol. The number of halogens is 1. The fourth-order valence-electron chi connectivity index (χ4n) is 4.71. The SMILES string of the molecule is COC(=O)c1sc(N2C(=O)c3oc4ccc(F)cc4c(=O)c3C2c2ccc(OCc3ccccc3)cc2)nc1C. The first-order valence-corrected chi connectivity index (χ1v) is 13.1. The van der Waals surface area contributed by atoms with Crippen molar-refractivity contribution in [2.24, 2.45) is 0 Å². The van der Waals surface area contributed by atoms with Crippen molar-refractivity contribution < 1.29 is 27.9 Å². The largest absolute Gasteiger partial charge is 0.489 e. The first-order chi connectivity index (χ1) is 19.4. The molecule has 1 amide bonds. The van der Waals surface area contributed by atoms with Crippen LogP contribution in [0.3, 0.4) is 0 Å². The lowest BCUT2D eigenvalue weighted by atomic mass is 9.98. The number of thiazole rings is 1. The molecule has 1 atom stereocenters. The number of hydrogen-bond donors (Lipinski definition) is 0. The van der Waals surface area contributed by atoms with E-state index in [1.54, 1.807) is 31.2 Å². The molecule has 2 aromatic heterocycles. The topological polar surface area (TPSA) is 98.9 Å². The van der Waals surface area contributed by atoms with Gasteiger partial charge < -0.3 is 13.9 Å². The van der Waals surface area contributed by atoms with E-state index in [1.165, 1.54) is 18.1 Å². The van der Waals surface area contributed by atoms with Crippen LogP contribution in [-0.4, -0.2) is 24.0 Å². The van der Waals surface area contributed by atoms with Gasteiger partial charge in [0, 0.05) is 0 Å². The fourth-order valence-corrected chi connectivity index (χ4v) is 5.72. The van der Waals surface area contributed by atoms with E-state index in [-0.39, 0.29) is 32.3 Å². The Labute approximate surface area is 231 Å². The number of aryl methyl sites for hydroxylation is 1. The summed E-state index contributed by atoms with van der Waals surface area (Å²) in [5.41, 5.74) is 1.59. The first-order valence-electron chi connectivity index (χ1n) is 12.3. The van der Waals surface area contributed by atoms with Gasteiger partial charge in [-0.15, -0.1) is 0 Å². The van der Waals surface area contributed by atoms with Gasteiger partial charge in [-0.05, 0) is 48.4 Å². The van der Waals surface area contributed by atoms with Gasteiger partial charge in [0.25, 0.3) is 5.91 Å². The van der Waals surface area contributed by atoms with Gasteiger partial charge >= 0.3 is 5.97 Å². The number of methoxy groups -OCH3 is 1. The molecule has 0 spiro atoms. The number of esters is 1. The van der Waals surface area contributed by atoms with Crippen LogP contribution in [0.1, 0.15) is 48.7 Å². The van der Waals surface area contributed by atoms with Crippen LogP contribution in [0, 0.1) is 12.7 Å². The number of ether oxygens (including phenoxy) is 2. The zero-order valence-electron chi connectivity index (χ0n) is 21.3. The molecule has 0 saturated carbocycles. The first kappa shape index (κ1) is 25.4. The highest BCUT2D eigenvalue weighted by atomic mass is 32.1. The molecule has 5 aromatic rings. The van der Waals surface area contributed by atoms with E-state index >= 15 is 0 Å². The highest BCUT2D eigenvalue weighted by Crippen LogP contribution is 2.43. The number of hydrogen-bond acceptors (Lipinski definition) is 8. The van der Waals surface area contributed by atoms with E-state index in [0.717, 1.165) is 29.0 Å². The summed E-state index contributed by atoms with van der Waals surface area (Å²) < 4.78 is 30.7. The van der Waals surface area contributed by atoms with Crippen LogP contribution in [0.4, 0.5) is 9.52 Å². The third kappa shape index (κ3) is 4.32. The zero-order valence-corrected chi connectivity index (χ0v) is 22.2. The van der Waals surface area contributed by atoms with E-state index in [4.69, 9.17) is 13.9 Å². The summed E-state index contributed by atoms with van der Waals surface area (Å²) in [6, 6.07) is 19.3. The lowest BCUT2D eigenvalue weighted by molar-refractivity contribution is 0.0605. The van der Waals surface area contributed by atoms with Crippen molar-refractivity contribution in [2.75, 3.05) is 12.0 Å². The Kier molecular flexibility index (Phi) is 6.39. The second kappa shape index (κ2) is 10.0. The Balaban J connectivity index is 1.46. The van der Waals surface area contributed by atoms with Gasteiger partial charge in [0.1, 0.15) is 28.6 Å². The Hall–Kier alpha value is -4.83. The maximum absolute atomic E-state index is 14.1. The molecular weight excluding hydrogens is 535 g/mol. The van der Waals surface area contributed by atoms with Crippen molar-refractivity contribution >= 4 is 39.3 Å². The van der Waals surface area contributed by atoms with Gasteiger partial charge in [-0.3, -0.25) is 14.5 Å². The summed E-state index contributed by atoms with van der Waals surface area (Å²) >= 11 is 0.975. The molecule has 0 radical (unpaired) electrons. The van der Waals surface area contributed by atoms with E-state index in [9.17, 15) is 18.8 Å². The number of fused-ring (bicyclic) bond motifs is 2. The van der Waals surface area contributed by atoms with Crippen LogP contribution in [0.2, 0.25) is 0 Å². The van der Waals surface area contributed by atoms with E-state index < -0.39 is 29.2 Å². The molecule has 10 heteroatoms. The van der Waals surface area contributed by atoms with Crippen molar-refractivity contribution in [1.82, 2.24) is 4.98 Å². The van der Waals surface area contributed by atoms with Crippen LogP contribution in [0.25, 0.3) is 11.0 Å². The lowest BCUT2D eigenvalue weighted by Crippen LogP contribution is -2.29. The standard InChI is InChI=1S/C30H21FN2O6S/c1-16-27(29(36)37-2)40-30(32-16)33-24(18-8-11-20(12-9-18)38-15-17-6-4-3-5-7-17)23-25(34)21-14-19(31)10-13-22(21)39-26(23)28(33)35/h3-14,24H,15H2,1-2H3. The quantitative estimate of drug-likeness (QED) is 0.243. The van der Waals surface area contributed by atoms with Crippen LogP contribution in [0.15, 0.2) is 82.0 Å². The molecule has 0 bridgehead atoms. The number of carbonyl (C=O) groups is 2. The van der Waals surface area contributed by atoms with Gasteiger partial charge in [0.05, 0.1) is 29.8 Å². The van der Waals surface area contributed by atoms with Crippen molar-refractivity contribution in [1.29, 1.82) is 0 Å². The maximum atomic E-state index is 14.1. The van der Waals surface area contributed by atoms with Gasteiger partial charge in [-0.25, -0.2) is 14.2 Å². The highest BCUT2D eigenvalue weighted by Gasteiger charge is 2.45.